The molecule has 1 fully saturated rings. The van der Waals surface area contributed by atoms with Gasteiger partial charge in [0, 0.05) is 17.4 Å². The van der Waals surface area contributed by atoms with E-state index in [4.69, 9.17) is 0 Å². The van der Waals surface area contributed by atoms with Crippen LogP contribution in [0.15, 0.2) is 47.8 Å². The van der Waals surface area contributed by atoms with E-state index in [2.05, 4.69) is 11.9 Å². The van der Waals surface area contributed by atoms with Crippen LogP contribution in [0.3, 0.4) is 0 Å². The number of para-hydroxylation sites is 1. The van der Waals surface area contributed by atoms with E-state index in [0.29, 0.717) is 5.70 Å². The number of hydrogen-bond acceptors (Lipinski definition) is 3. The molecular weight excluding hydrogens is 323 g/mol. The molecule has 1 aromatic rings. The molecule has 0 spiro atoms. The second kappa shape index (κ2) is 7.96. The number of allylic oxidation sites excluding steroid dienone is 1. The van der Waals surface area contributed by atoms with E-state index in [1.807, 2.05) is 0 Å². The van der Waals surface area contributed by atoms with Crippen molar-refractivity contribution in [3.8, 4) is 0 Å². The first kappa shape index (κ1) is 18.7. The van der Waals surface area contributed by atoms with Crippen LogP contribution >= 0.6 is 0 Å². The Bertz CT molecular complexity index is 723. The lowest BCUT2D eigenvalue weighted by molar-refractivity contribution is -0.132. The van der Waals surface area contributed by atoms with E-state index in [9.17, 15) is 19.1 Å². The molecule has 0 atom stereocenters. The number of aliphatic carboxylic acids is 1. The Morgan fingerprint density at radius 1 is 1.36 bits per heavy atom. The van der Waals surface area contributed by atoms with E-state index in [1.54, 1.807) is 30.9 Å². The highest BCUT2D eigenvalue weighted by atomic mass is 19.1. The van der Waals surface area contributed by atoms with Crippen molar-refractivity contribution in [3.05, 3.63) is 53.6 Å². The summed E-state index contributed by atoms with van der Waals surface area (Å²) >= 11 is 0. The molecule has 25 heavy (non-hydrogen) atoms. The minimum atomic E-state index is -1.12. The van der Waals surface area contributed by atoms with Crippen LogP contribution in [0.1, 0.15) is 39.5 Å². The maximum Gasteiger partial charge on any atom is 0.333 e. The molecule has 0 radical (unpaired) electrons. The standard InChI is InChI=1S/C19H23FN2O3/c1-4-14(19(24)25)17(21-16-8-6-5-7-15(16)20)11-18(23)22(12(2)3)13-9-10-13/h5-8,13,21H,2,4,9-11H2,1,3H3,(H,24,25)/b17-14+. The number of rotatable bonds is 8. The van der Waals surface area contributed by atoms with Crippen molar-refractivity contribution >= 4 is 17.6 Å². The molecule has 2 N–H and O–H groups in total. The lowest BCUT2D eigenvalue weighted by Crippen LogP contribution is -2.32. The predicted octanol–water partition coefficient (Wildman–Crippen LogP) is 3.90. The Balaban J connectivity index is 2.32. The van der Waals surface area contributed by atoms with Gasteiger partial charge in [0.05, 0.1) is 17.7 Å². The second-order valence-electron chi connectivity index (χ2n) is 6.13. The molecule has 2 rings (SSSR count). The van der Waals surface area contributed by atoms with Crippen LogP contribution in [-0.4, -0.2) is 27.9 Å². The predicted molar refractivity (Wildman–Crippen MR) is 94.3 cm³/mol. The van der Waals surface area contributed by atoms with Crippen molar-refractivity contribution in [1.29, 1.82) is 0 Å². The average molecular weight is 346 g/mol. The van der Waals surface area contributed by atoms with Crippen LogP contribution in [-0.2, 0) is 9.59 Å². The van der Waals surface area contributed by atoms with E-state index in [-0.39, 0.29) is 41.7 Å². The number of anilines is 1. The number of carboxylic acid groups (broad SMARTS) is 1. The number of amides is 1. The topological polar surface area (TPSA) is 69.6 Å². The first-order chi connectivity index (χ1) is 11.8. The fourth-order valence-electron chi connectivity index (χ4n) is 2.74. The van der Waals surface area contributed by atoms with E-state index in [0.717, 1.165) is 12.8 Å². The molecule has 1 aromatic carbocycles. The highest BCUT2D eigenvalue weighted by Crippen LogP contribution is 2.31. The lowest BCUT2D eigenvalue weighted by Gasteiger charge is -2.24. The maximum absolute atomic E-state index is 13.9. The fourth-order valence-corrected chi connectivity index (χ4v) is 2.74. The molecule has 0 aromatic heterocycles. The van der Waals surface area contributed by atoms with E-state index < -0.39 is 11.8 Å². The van der Waals surface area contributed by atoms with Crippen molar-refractivity contribution in [3.63, 3.8) is 0 Å². The van der Waals surface area contributed by atoms with Crippen molar-refractivity contribution in [1.82, 2.24) is 4.90 Å². The monoisotopic (exact) mass is 346 g/mol. The van der Waals surface area contributed by atoms with Crippen molar-refractivity contribution in [2.45, 2.75) is 45.6 Å². The highest BCUT2D eigenvalue weighted by molar-refractivity contribution is 5.91. The van der Waals surface area contributed by atoms with Gasteiger partial charge in [-0.15, -0.1) is 0 Å². The van der Waals surface area contributed by atoms with E-state index in [1.165, 1.54) is 12.1 Å². The number of benzene rings is 1. The van der Waals surface area contributed by atoms with Crippen LogP contribution in [0.4, 0.5) is 10.1 Å². The third-order valence-corrected chi connectivity index (χ3v) is 4.06. The molecule has 0 bridgehead atoms. The molecule has 0 unspecified atom stereocenters. The summed E-state index contributed by atoms with van der Waals surface area (Å²) in [5.41, 5.74) is 1.04. The number of hydrogen-bond donors (Lipinski definition) is 2. The zero-order valence-corrected chi connectivity index (χ0v) is 14.5. The van der Waals surface area contributed by atoms with Gasteiger partial charge in [0.25, 0.3) is 0 Å². The number of carboxylic acids is 1. The minimum Gasteiger partial charge on any atom is -0.478 e. The van der Waals surface area contributed by atoms with Crippen LogP contribution < -0.4 is 5.32 Å². The van der Waals surface area contributed by atoms with Crippen LogP contribution in [0.5, 0.6) is 0 Å². The van der Waals surface area contributed by atoms with Gasteiger partial charge in [-0.1, -0.05) is 25.6 Å². The Labute approximate surface area is 146 Å². The molecule has 1 saturated carbocycles. The van der Waals surface area contributed by atoms with Gasteiger partial charge in [-0.25, -0.2) is 9.18 Å². The summed E-state index contributed by atoms with van der Waals surface area (Å²) in [6, 6.07) is 6.10. The SMILES string of the molecule is C=C(C)N(C(=O)C/C(Nc1ccccc1F)=C(/CC)C(=O)O)C1CC1. The van der Waals surface area contributed by atoms with Crippen molar-refractivity contribution < 1.29 is 19.1 Å². The maximum atomic E-state index is 13.9. The molecule has 0 aliphatic heterocycles. The molecule has 5 nitrogen and oxygen atoms in total. The second-order valence-corrected chi connectivity index (χ2v) is 6.13. The molecular formula is C19H23FN2O3. The summed E-state index contributed by atoms with van der Waals surface area (Å²) in [4.78, 5) is 25.9. The molecule has 0 saturated heterocycles. The number of carbonyl (C=O) groups is 2. The number of carbonyl (C=O) groups excluding carboxylic acids is 1. The third kappa shape index (κ3) is 4.68. The summed E-state index contributed by atoms with van der Waals surface area (Å²) < 4.78 is 13.9. The summed E-state index contributed by atoms with van der Waals surface area (Å²) in [6.07, 6.45) is 1.90. The van der Waals surface area contributed by atoms with Gasteiger partial charge < -0.3 is 15.3 Å². The quantitative estimate of drug-likeness (QED) is 0.701. The molecule has 1 aliphatic carbocycles. The number of halogens is 1. The largest absolute Gasteiger partial charge is 0.478 e. The molecule has 1 aliphatic rings. The van der Waals surface area contributed by atoms with E-state index >= 15 is 0 Å². The Morgan fingerprint density at radius 3 is 2.48 bits per heavy atom. The van der Waals surface area contributed by atoms with Crippen molar-refractivity contribution in [2.75, 3.05) is 5.32 Å². The molecule has 6 heteroatoms. The van der Waals surface area contributed by atoms with Crippen molar-refractivity contribution in [2.24, 2.45) is 0 Å². The summed E-state index contributed by atoms with van der Waals surface area (Å²) in [5, 5.41) is 12.2. The molecule has 1 amide bonds. The zero-order chi connectivity index (χ0) is 18.6. The van der Waals surface area contributed by atoms with Gasteiger partial charge in [0.15, 0.2) is 0 Å². The smallest absolute Gasteiger partial charge is 0.333 e. The molecule has 0 heterocycles. The Morgan fingerprint density at radius 2 is 2.00 bits per heavy atom. The van der Waals surface area contributed by atoms with Gasteiger partial charge in [-0.3, -0.25) is 4.79 Å². The normalized spacial score (nSPS) is 14.5. The number of nitrogens with zero attached hydrogens (tertiary/aromatic N) is 1. The van der Waals surface area contributed by atoms with Crippen LogP contribution in [0.25, 0.3) is 0 Å². The summed E-state index contributed by atoms with van der Waals surface area (Å²) in [5.74, 6) is -1.87. The molecule has 134 valence electrons. The van der Waals surface area contributed by atoms with Gasteiger partial charge in [-0.2, -0.15) is 0 Å². The zero-order valence-electron chi connectivity index (χ0n) is 14.5. The van der Waals surface area contributed by atoms with Gasteiger partial charge >= 0.3 is 5.97 Å². The minimum absolute atomic E-state index is 0.0639. The summed E-state index contributed by atoms with van der Waals surface area (Å²) in [7, 11) is 0. The lowest BCUT2D eigenvalue weighted by atomic mass is 10.1. The van der Waals surface area contributed by atoms with Crippen LogP contribution in [0, 0.1) is 5.82 Å². The van der Waals surface area contributed by atoms with Gasteiger partial charge in [0.2, 0.25) is 5.91 Å². The highest BCUT2D eigenvalue weighted by Gasteiger charge is 2.33. The Kier molecular flexibility index (Phi) is 5.96. The van der Waals surface area contributed by atoms with Gasteiger partial charge in [0.1, 0.15) is 5.82 Å². The average Bonchev–Trinajstić information content (AvgIpc) is 3.34. The third-order valence-electron chi connectivity index (χ3n) is 4.06. The number of nitrogens with one attached hydrogen (secondary N) is 1. The first-order valence-corrected chi connectivity index (χ1v) is 8.29. The van der Waals surface area contributed by atoms with Crippen LogP contribution in [0.2, 0.25) is 0 Å². The first-order valence-electron chi connectivity index (χ1n) is 8.29. The fraction of sp³-hybridized carbons (Fsp3) is 0.368. The van der Waals surface area contributed by atoms with Gasteiger partial charge in [-0.05, 0) is 38.3 Å². The summed E-state index contributed by atoms with van der Waals surface area (Å²) in [6.45, 7) is 7.28. The Hall–Kier alpha value is -2.63.